The normalized spacial score (nSPS) is 28.5. The number of nitrogens with one attached hydrogen (secondary N) is 1. The van der Waals surface area contributed by atoms with Gasteiger partial charge in [0.2, 0.25) is 0 Å². The van der Waals surface area contributed by atoms with Gasteiger partial charge in [-0.3, -0.25) is 0 Å². The van der Waals surface area contributed by atoms with Crippen LogP contribution in [0.15, 0.2) is 79.5 Å². The predicted molar refractivity (Wildman–Crippen MR) is 102 cm³/mol. The van der Waals surface area contributed by atoms with E-state index in [0.717, 1.165) is 0 Å². The van der Waals surface area contributed by atoms with Crippen molar-refractivity contribution in [1.29, 1.82) is 0 Å². The molecule has 0 bridgehead atoms. The molecule has 0 amide bonds. The van der Waals surface area contributed by atoms with Gasteiger partial charge in [0.25, 0.3) is 0 Å². The van der Waals surface area contributed by atoms with Crippen LogP contribution in [0.5, 0.6) is 0 Å². The van der Waals surface area contributed by atoms with Crippen LogP contribution in [0.2, 0.25) is 0 Å². The smallest absolute Gasteiger partial charge is 0.186 e. The number of rotatable bonds is 6. The molecule has 1 nitrogen and oxygen atoms in total. The SMILES string of the molecule is C=CNC1C(C=C)C2C=CC=C([B]c3ccc(/C=C/C)cc3)C21. The van der Waals surface area contributed by atoms with Crippen molar-refractivity contribution in [2.24, 2.45) is 17.8 Å². The molecule has 1 N–H and O–H groups in total. The summed E-state index contributed by atoms with van der Waals surface area (Å²) in [5, 5.41) is 3.41. The molecular weight excluding hydrogens is 277 g/mol. The van der Waals surface area contributed by atoms with Crippen LogP contribution in [-0.2, 0) is 0 Å². The molecule has 4 unspecified atom stereocenters. The van der Waals surface area contributed by atoms with Crippen molar-refractivity contribution in [3.8, 4) is 0 Å². The van der Waals surface area contributed by atoms with Crippen LogP contribution < -0.4 is 10.8 Å². The Morgan fingerprint density at radius 1 is 1.17 bits per heavy atom. The molecule has 2 heteroatoms. The minimum absolute atomic E-state index is 0.393. The Kier molecular flexibility index (Phi) is 4.71. The Balaban J connectivity index is 1.76. The van der Waals surface area contributed by atoms with Crippen LogP contribution in [0.3, 0.4) is 0 Å². The first kappa shape index (κ1) is 15.7. The standard InChI is InChI=1S/C21H23BN/c1-4-8-15-11-13-16(14-12-15)22-19-10-7-9-18-17(5-2)21(20(18)19)23-6-3/h4-14,17-18,20-21,23H,2-3H2,1H3/b8-4+. The van der Waals surface area contributed by atoms with E-state index in [1.807, 2.05) is 6.92 Å². The average Bonchev–Trinajstić information content (AvgIpc) is 2.55. The lowest BCUT2D eigenvalue weighted by Gasteiger charge is -2.52. The second-order valence-electron chi connectivity index (χ2n) is 6.18. The summed E-state index contributed by atoms with van der Waals surface area (Å²) in [6.45, 7) is 9.86. The molecule has 23 heavy (non-hydrogen) atoms. The highest BCUT2D eigenvalue weighted by molar-refractivity contribution is 6.61. The first-order valence-corrected chi connectivity index (χ1v) is 8.24. The number of benzene rings is 1. The molecule has 4 atom stereocenters. The van der Waals surface area contributed by atoms with E-state index in [-0.39, 0.29) is 0 Å². The molecule has 1 aromatic rings. The molecule has 1 fully saturated rings. The Morgan fingerprint density at radius 2 is 1.96 bits per heavy atom. The van der Waals surface area contributed by atoms with Gasteiger partial charge in [-0.1, -0.05) is 78.2 Å². The zero-order valence-corrected chi connectivity index (χ0v) is 13.7. The molecule has 2 aliphatic carbocycles. The van der Waals surface area contributed by atoms with Gasteiger partial charge in [-0.05, 0) is 30.5 Å². The third kappa shape index (κ3) is 2.99. The maximum Gasteiger partial charge on any atom is 0.186 e. The van der Waals surface area contributed by atoms with E-state index in [1.54, 1.807) is 6.20 Å². The lowest BCUT2D eigenvalue weighted by Crippen LogP contribution is -2.58. The fourth-order valence-corrected chi connectivity index (χ4v) is 3.78. The lowest BCUT2D eigenvalue weighted by molar-refractivity contribution is 0.126. The molecule has 0 aromatic heterocycles. The molecule has 2 aliphatic rings. The number of hydrogen-bond donors (Lipinski definition) is 1. The van der Waals surface area contributed by atoms with Crippen molar-refractivity contribution in [3.05, 3.63) is 85.0 Å². The van der Waals surface area contributed by atoms with E-state index < -0.39 is 0 Å². The second-order valence-corrected chi connectivity index (χ2v) is 6.18. The van der Waals surface area contributed by atoms with Gasteiger partial charge in [-0.25, -0.2) is 0 Å². The third-order valence-electron chi connectivity index (χ3n) is 4.88. The summed E-state index contributed by atoms with van der Waals surface area (Å²) in [5.41, 5.74) is 3.87. The quantitative estimate of drug-likeness (QED) is 0.624. The van der Waals surface area contributed by atoms with Gasteiger partial charge in [0.1, 0.15) is 0 Å². The third-order valence-corrected chi connectivity index (χ3v) is 4.88. The molecule has 0 heterocycles. The van der Waals surface area contributed by atoms with Gasteiger partial charge in [-0.2, -0.15) is 0 Å². The van der Waals surface area contributed by atoms with E-state index in [4.69, 9.17) is 0 Å². The Hall–Kier alpha value is -2.22. The van der Waals surface area contributed by atoms with Gasteiger partial charge < -0.3 is 5.32 Å². The minimum atomic E-state index is 0.393. The molecule has 115 valence electrons. The van der Waals surface area contributed by atoms with Crippen molar-refractivity contribution < 1.29 is 0 Å². The Labute approximate surface area is 140 Å². The average molecular weight is 300 g/mol. The van der Waals surface area contributed by atoms with E-state index in [2.05, 4.69) is 86.5 Å². The van der Waals surface area contributed by atoms with E-state index in [1.165, 1.54) is 16.5 Å². The van der Waals surface area contributed by atoms with Crippen molar-refractivity contribution >= 4 is 18.8 Å². The van der Waals surface area contributed by atoms with Crippen molar-refractivity contribution in [2.45, 2.75) is 13.0 Å². The fraction of sp³-hybridized carbons (Fsp3) is 0.238. The number of fused-ring (bicyclic) bond motifs is 1. The lowest BCUT2D eigenvalue weighted by atomic mass is 9.47. The fourth-order valence-electron chi connectivity index (χ4n) is 3.78. The first-order valence-electron chi connectivity index (χ1n) is 8.24. The van der Waals surface area contributed by atoms with Gasteiger partial charge in [0.05, 0.1) is 0 Å². The van der Waals surface area contributed by atoms with Crippen LogP contribution in [-0.4, -0.2) is 13.3 Å². The first-order chi connectivity index (χ1) is 11.3. The summed E-state index contributed by atoms with van der Waals surface area (Å²) in [4.78, 5) is 0. The van der Waals surface area contributed by atoms with Gasteiger partial charge in [-0.15, -0.1) is 6.58 Å². The largest absolute Gasteiger partial charge is 0.387 e. The van der Waals surface area contributed by atoms with Crippen LogP contribution in [0.4, 0.5) is 0 Å². The van der Waals surface area contributed by atoms with Gasteiger partial charge in [0, 0.05) is 12.0 Å². The van der Waals surface area contributed by atoms with Crippen molar-refractivity contribution in [2.75, 3.05) is 0 Å². The zero-order chi connectivity index (χ0) is 16.2. The van der Waals surface area contributed by atoms with E-state index in [9.17, 15) is 0 Å². The Morgan fingerprint density at radius 3 is 2.61 bits per heavy atom. The molecule has 0 spiro atoms. The van der Waals surface area contributed by atoms with Crippen LogP contribution in [0, 0.1) is 17.8 Å². The molecular formula is C21H23BN. The second kappa shape index (κ2) is 6.91. The topological polar surface area (TPSA) is 12.0 Å². The number of hydrogen-bond acceptors (Lipinski definition) is 1. The highest BCUT2D eigenvalue weighted by Crippen LogP contribution is 2.47. The van der Waals surface area contributed by atoms with Gasteiger partial charge in [0.15, 0.2) is 7.28 Å². The van der Waals surface area contributed by atoms with E-state index >= 15 is 0 Å². The summed E-state index contributed by atoms with van der Waals surface area (Å²) in [7, 11) is 2.30. The van der Waals surface area contributed by atoms with Crippen LogP contribution in [0.25, 0.3) is 6.08 Å². The molecule has 0 aliphatic heterocycles. The zero-order valence-electron chi connectivity index (χ0n) is 13.7. The summed E-state index contributed by atoms with van der Waals surface area (Å²) in [6.07, 6.45) is 14.8. The summed E-state index contributed by atoms with van der Waals surface area (Å²) in [6, 6.07) is 9.08. The Bertz CT molecular complexity index is 666. The molecule has 0 saturated heterocycles. The maximum absolute atomic E-state index is 4.00. The summed E-state index contributed by atoms with van der Waals surface area (Å²) in [5.74, 6) is 1.52. The van der Waals surface area contributed by atoms with Crippen molar-refractivity contribution in [3.63, 3.8) is 0 Å². The highest BCUT2D eigenvalue weighted by Gasteiger charge is 2.49. The van der Waals surface area contributed by atoms with E-state index in [0.29, 0.717) is 23.8 Å². The summed E-state index contributed by atoms with van der Waals surface area (Å²) >= 11 is 0. The predicted octanol–water partition coefficient (Wildman–Crippen LogP) is 3.65. The monoisotopic (exact) mass is 300 g/mol. The summed E-state index contributed by atoms with van der Waals surface area (Å²) < 4.78 is 0. The van der Waals surface area contributed by atoms with Crippen molar-refractivity contribution in [1.82, 2.24) is 5.32 Å². The van der Waals surface area contributed by atoms with Crippen LogP contribution >= 0.6 is 0 Å². The molecule has 3 rings (SSSR count). The number of allylic oxidation sites excluding steroid dienone is 4. The maximum atomic E-state index is 4.00. The molecule has 1 radical (unpaired) electrons. The van der Waals surface area contributed by atoms with Crippen LogP contribution in [0.1, 0.15) is 12.5 Å². The minimum Gasteiger partial charge on any atom is -0.387 e. The molecule has 1 aromatic carbocycles. The molecule has 1 saturated carbocycles. The van der Waals surface area contributed by atoms with Gasteiger partial charge >= 0.3 is 0 Å². The highest BCUT2D eigenvalue weighted by atomic mass is 14.9.